The Balaban J connectivity index is 1.98. The van der Waals surface area contributed by atoms with Crippen LogP contribution in [-0.2, 0) is 19.5 Å². The second-order valence-electron chi connectivity index (χ2n) is 5.68. The zero-order valence-electron chi connectivity index (χ0n) is 12.7. The van der Waals surface area contributed by atoms with Gasteiger partial charge in [0.25, 0.3) is 0 Å². The van der Waals surface area contributed by atoms with E-state index in [-0.39, 0.29) is 6.04 Å². The van der Waals surface area contributed by atoms with Crippen LogP contribution in [0.5, 0.6) is 0 Å². The standard InChI is InChI=1S/C17H22N4/c1-3-21-12-14(10-19-21)11-20-8-7-15-5-4-6-16(17(15)20)9-13(2)18/h4-8,10,12-13H,3,9,11,18H2,1-2H3. The molecule has 0 fully saturated rings. The minimum Gasteiger partial charge on any atom is -0.343 e. The van der Waals surface area contributed by atoms with Crippen LogP contribution >= 0.6 is 0 Å². The Kier molecular flexibility index (Phi) is 3.80. The molecule has 2 N–H and O–H groups in total. The number of benzene rings is 1. The molecule has 0 radical (unpaired) electrons. The fraction of sp³-hybridized carbons (Fsp3) is 0.353. The van der Waals surface area contributed by atoms with E-state index < -0.39 is 0 Å². The summed E-state index contributed by atoms with van der Waals surface area (Å²) in [7, 11) is 0. The van der Waals surface area contributed by atoms with Gasteiger partial charge < -0.3 is 10.3 Å². The normalized spacial score (nSPS) is 12.9. The van der Waals surface area contributed by atoms with Crippen LogP contribution in [0, 0.1) is 0 Å². The molecule has 0 bridgehead atoms. The van der Waals surface area contributed by atoms with Gasteiger partial charge in [-0.15, -0.1) is 0 Å². The van der Waals surface area contributed by atoms with Gasteiger partial charge in [0.15, 0.2) is 0 Å². The van der Waals surface area contributed by atoms with E-state index in [2.05, 4.69) is 60.2 Å². The highest BCUT2D eigenvalue weighted by Crippen LogP contribution is 2.22. The van der Waals surface area contributed by atoms with Crippen molar-refractivity contribution in [1.29, 1.82) is 0 Å². The number of nitrogens with two attached hydrogens (primary N) is 1. The molecule has 4 nitrogen and oxygen atoms in total. The van der Waals surface area contributed by atoms with Crippen LogP contribution in [-0.4, -0.2) is 20.4 Å². The lowest BCUT2D eigenvalue weighted by Gasteiger charge is -2.11. The maximum atomic E-state index is 5.99. The van der Waals surface area contributed by atoms with E-state index in [0.29, 0.717) is 0 Å². The molecule has 0 saturated heterocycles. The first-order valence-corrected chi connectivity index (χ1v) is 7.51. The van der Waals surface area contributed by atoms with Gasteiger partial charge in [0, 0.05) is 30.5 Å². The largest absolute Gasteiger partial charge is 0.343 e. The van der Waals surface area contributed by atoms with Gasteiger partial charge in [-0.05, 0) is 37.3 Å². The van der Waals surface area contributed by atoms with Crippen LogP contribution in [0.15, 0.2) is 42.9 Å². The molecular weight excluding hydrogens is 260 g/mol. The second-order valence-corrected chi connectivity index (χ2v) is 5.68. The van der Waals surface area contributed by atoms with E-state index in [1.54, 1.807) is 0 Å². The number of rotatable bonds is 5. The molecule has 1 atom stereocenters. The molecule has 0 aliphatic rings. The Bertz CT molecular complexity index is 736. The number of aryl methyl sites for hydroxylation is 1. The van der Waals surface area contributed by atoms with Gasteiger partial charge in [0.2, 0.25) is 0 Å². The van der Waals surface area contributed by atoms with E-state index in [4.69, 9.17) is 5.73 Å². The Morgan fingerprint density at radius 3 is 2.86 bits per heavy atom. The minimum atomic E-state index is 0.168. The number of hydrogen-bond donors (Lipinski definition) is 1. The topological polar surface area (TPSA) is 48.8 Å². The van der Waals surface area contributed by atoms with E-state index in [1.807, 2.05) is 10.9 Å². The molecular formula is C17H22N4. The van der Waals surface area contributed by atoms with Crippen molar-refractivity contribution in [2.24, 2.45) is 5.73 Å². The Labute approximate surface area is 125 Å². The third-order valence-electron chi connectivity index (χ3n) is 3.78. The predicted molar refractivity (Wildman–Crippen MR) is 86.3 cm³/mol. The number of nitrogens with zero attached hydrogens (tertiary/aromatic N) is 3. The van der Waals surface area contributed by atoms with Crippen LogP contribution in [0.1, 0.15) is 25.0 Å². The summed E-state index contributed by atoms with van der Waals surface area (Å²) in [5, 5.41) is 5.62. The molecule has 0 amide bonds. The quantitative estimate of drug-likeness (QED) is 0.782. The van der Waals surface area contributed by atoms with Gasteiger partial charge in [0.05, 0.1) is 18.3 Å². The van der Waals surface area contributed by atoms with Crippen molar-refractivity contribution >= 4 is 10.9 Å². The van der Waals surface area contributed by atoms with Crippen molar-refractivity contribution in [2.75, 3.05) is 0 Å². The first-order valence-electron chi connectivity index (χ1n) is 7.51. The lowest BCUT2D eigenvalue weighted by Crippen LogP contribution is -2.18. The fourth-order valence-electron chi connectivity index (χ4n) is 2.84. The molecule has 3 rings (SSSR count). The SMILES string of the molecule is CCn1cc(Cn2ccc3cccc(CC(C)N)c32)cn1. The highest BCUT2D eigenvalue weighted by atomic mass is 15.3. The molecule has 0 saturated carbocycles. The van der Waals surface area contributed by atoms with Crippen molar-refractivity contribution in [2.45, 2.75) is 39.4 Å². The number of aromatic nitrogens is 3. The van der Waals surface area contributed by atoms with Crippen LogP contribution < -0.4 is 5.73 Å². The second kappa shape index (κ2) is 5.74. The van der Waals surface area contributed by atoms with E-state index in [0.717, 1.165) is 19.5 Å². The van der Waals surface area contributed by atoms with E-state index >= 15 is 0 Å². The zero-order chi connectivity index (χ0) is 14.8. The lowest BCUT2D eigenvalue weighted by molar-refractivity contribution is 0.658. The fourth-order valence-corrected chi connectivity index (χ4v) is 2.84. The summed E-state index contributed by atoms with van der Waals surface area (Å²) in [5.74, 6) is 0. The molecule has 1 unspecified atom stereocenters. The van der Waals surface area contributed by atoms with Crippen molar-refractivity contribution in [3.8, 4) is 0 Å². The molecule has 0 spiro atoms. The van der Waals surface area contributed by atoms with Gasteiger partial charge in [0.1, 0.15) is 0 Å². The van der Waals surface area contributed by atoms with E-state index in [1.165, 1.54) is 22.0 Å². The average molecular weight is 282 g/mol. The molecule has 3 aromatic rings. The van der Waals surface area contributed by atoms with Gasteiger partial charge >= 0.3 is 0 Å². The lowest BCUT2D eigenvalue weighted by atomic mass is 10.0. The van der Waals surface area contributed by atoms with Crippen molar-refractivity contribution in [3.63, 3.8) is 0 Å². The smallest absolute Gasteiger partial charge is 0.0539 e. The summed E-state index contributed by atoms with van der Waals surface area (Å²) in [6, 6.07) is 8.79. The maximum Gasteiger partial charge on any atom is 0.0539 e. The van der Waals surface area contributed by atoms with Crippen LogP contribution in [0.2, 0.25) is 0 Å². The molecule has 1 aromatic carbocycles. The first kappa shape index (κ1) is 13.9. The number of para-hydroxylation sites is 1. The Morgan fingerprint density at radius 2 is 2.14 bits per heavy atom. The highest BCUT2D eigenvalue weighted by Gasteiger charge is 2.09. The number of fused-ring (bicyclic) bond motifs is 1. The van der Waals surface area contributed by atoms with Gasteiger partial charge in [-0.3, -0.25) is 4.68 Å². The van der Waals surface area contributed by atoms with Crippen LogP contribution in [0.25, 0.3) is 10.9 Å². The molecule has 110 valence electrons. The Morgan fingerprint density at radius 1 is 1.29 bits per heavy atom. The van der Waals surface area contributed by atoms with Gasteiger partial charge in [-0.1, -0.05) is 18.2 Å². The van der Waals surface area contributed by atoms with E-state index in [9.17, 15) is 0 Å². The zero-order valence-corrected chi connectivity index (χ0v) is 12.7. The minimum absolute atomic E-state index is 0.168. The summed E-state index contributed by atoms with van der Waals surface area (Å²) < 4.78 is 4.26. The van der Waals surface area contributed by atoms with Gasteiger partial charge in [-0.25, -0.2) is 0 Å². The average Bonchev–Trinajstić information content (AvgIpc) is 3.06. The van der Waals surface area contributed by atoms with Crippen molar-refractivity contribution < 1.29 is 0 Å². The summed E-state index contributed by atoms with van der Waals surface area (Å²) >= 11 is 0. The Hall–Kier alpha value is -2.07. The van der Waals surface area contributed by atoms with Crippen molar-refractivity contribution in [1.82, 2.24) is 14.3 Å². The molecule has 21 heavy (non-hydrogen) atoms. The molecule has 4 heteroatoms. The summed E-state index contributed by atoms with van der Waals surface area (Å²) in [6.07, 6.45) is 7.11. The third-order valence-corrected chi connectivity index (χ3v) is 3.78. The van der Waals surface area contributed by atoms with Crippen molar-refractivity contribution in [3.05, 3.63) is 54.0 Å². The number of hydrogen-bond acceptors (Lipinski definition) is 2. The maximum absolute atomic E-state index is 5.99. The monoisotopic (exact) mass is 282 g/mol. The summed E-state index contributed by atoms with van der Waals surface area (Å²) in [5.41, 5.74) is 9.82. The van der Waals surface area contributed by atoms with Gasteiger partial charge in [-0.2, -0.15) is 5.10 Å². The molecule has 2 heterocycles. The molecule has 2 aromatic heterocycles. The summed E-state index contributed by atoms with van der Waals surface area (Å²) in [4.78, 5) is 0. The molecule has 0 aliphatic carbocycles. The summed E-state index contributed by atoms with van der Waals surface area (Å²) in [6.45, 7) is 5.90. The van der Waals surface area contributed by atoms with Crippen LogP contribution in [0.3, 0.4) is 0 Å². The first-order chi connectivity index (χ1) is 10.2. The third kappa shape index (κ3) is 2.85. The van der Waals surface area contributed by atoms with Crippen LogP contribution in [0.4, 0.5) is 0 Å². The predicted octanol–water partition coefficient (Wildman–Crippen LogP) is 2.80. The molecule has 0 aliphatic heterocycles. The highest BCUT2D eigenvalue weighted by molar-refractivity contribution is 5.83.